The number of ether oxygens (including phenoxy) is 2. The van der Waals surface area contributed by atoms with Crippen molar-refractivity contribution in [2.75, 3.05) is 6.54 Å². The van der Waals surface area contributed by atoms with E-state index in [2.05, 4.69) is 10.6 Å². The highest BCUT2D eigenvalue weighted by atomic mass is 35.5. The van der Waals surface area contributed by atoms with E-state index >= 15 is 0 Å². The van der Waals surface area contributed by atoms with E-state index in [0.29, 0.717) is 16.5 Å². The van der Waals surface area contributed by atoms with Crippen molar-refractivity contribution in [1.82, 2.24) is 15.2 Å². The van der Waals surface area contributed by atoms with Gasteiger partial charge in [0.25, 0.3) is 5.91 Å². The summed E-state index contributed by atoms with van der Waals surface area (Å²) in [6.45, 7) is 1.37. The Morgan fingerprint density at radius 2 is 1.38 bits per heavy atom. The summed E-state index contributed by atoms with van der Waals surface area (Å²) in [5.74, 6) is -1.55. The number of alkyl carbamates (subject to hydrolysis) is 1. The number of carbonyl (C=O) groups is 4. The van der Waals surface area contributed by atoms with Gasteiger partial charge in [0.1, 0.15) is 25.3 Å². The molecule has 0 aliphatic heterocycles. The smallest absolute Gasteiger partial charge is 0.408 e. The highest BCUT2D eigenvalue weighted by Crippen LogP contribution is 2.23. The summed E-state index contributed by atoms with van der Waals surface area (Å²) in [7, 11) is 0. The molecule has 0 unspecified atom stereocenters. The standard InChI is InChI=1S/C31H32N4O6.ClH/c1-21(33-31(39)41-20-23-12-6-3-7-13-23)29(37)35-18-24(25-14-8-9-15-27(25)35)16-26(34-28(36)17-32)30(38)40-19-22-10-4-2-5-11-22;/h2-15,18,21,26H,16-17,19-20,32H2,1H3,(H,33,39)(H,34,36);1H/t21-,26-;/m0./s1. The van der Waals surface area contributed by atoms with Crippen LogP contribution in [0.2, 0.25) is 0 Å². The Morgan fingerprint density at radius 1 is 0.810 bits per heavy atom. The Kier molecular flexibility index (Phi) is 11.7. The van der Waals surface area contributed by atoms with Crippen molar-refractivity contribution in [3.63, 3.8) is 0 Å². The fourth-order valence-corrected chi connectivity index (χ4v) is 4.30. The number of amides is 2. The van der Waals surface area contributed by atoms with Crippen molar-refractivity contribution in [1.29, 1.82) is 0 Å². The van der Waals surface area contributed by atoms with Crippen LogP contribution in [0.1, 0.15) is 28.4 Å². The predicted molar refractivity (Wildman–Crippen MR) is 160 cm³/mol. The second-order valence-electron chi connectivity index (χ2n) is 9.43. The Labute approximate surface area is 249 Å². The number of hydrogen-bond donors (Lipinski definition) is 3. The third kappa shape index (κ3) is 8.42. The molecule has 220 valence electrons. The maximum Gasteiger partial charge on any atom is 0.408 e. The van der Waals surface area contributed by atoms with Crippen molar-refractivity contribution >= 4 is 47.2 Å². The number of hydrogen-bond acceptors (Lipinski definition) is 7. The van der Waals surface area contributed by atoms with Crippen molar-refractivity contribution < 1.29 is 28.7 Å². The van der Waals surface area contributed by atoms with Gasteiger partial charge < -0.3 is 25.8 Å². The van der Waals surface area contributed by atoms with Crippen LogP contribution in [-0.2, 0) is 38.7 Å². The fourth-order valence-electron chi connectivity index (χ4n) is 4.30. The first-order valence-electron chi connectivity index (χ1n) is 13.2. The molecule has 0 bridgehead atoms. The average molecular weight is 593 g/mol. The predicted octanol–water partition coefficient (Wildman–Crippen LogP) is 3.75. The number of benzene rings is 3. The first-order valence-corrected chi connectivity index (χ1v) is 13.2. The molecule has 0 saturated heterocycles. The molecule has 3 aromatic carbocycles. The van der Waals surface area contributed by atoms with Gasteiger partial charge >= 0.3 is 12.1 Å². The molecule has 0 radical (unpaired) electrons. The van der Waals surface area contributed by atoms with E-state index in [1.165, 1.54) is 4.57 Å². The number of nitrogens with two attached hydrogens (primary N) is 1. The molecule has 4 aromatic rings. The number of para-hydroxylation sites is 1. The summed E-state index contributed by atoms with van der Waals surface area (Å²) in [5, 5.41) is 5.91. The Balaban J connectivity index is 0.00000484. The lowest BCUT2D eigenvalue weighted by molar-refractivity contribution is -0.149. The van der Waals surface area contributed by atoms with Crippen LogP contribution < -0.4 is 16.4 Å². The summed E-state index contributed by atoms with van der Waals surface area (Å²) < 4.78 is 12.1. The molecular weight excluding hydrogens is 560 g/mol. The molecule has 10 nitrogen and oxygen atoms in total. The number of fused-ring (bicyclic) bond motifs is 1. The largest absolute Gasteiger partial charge is 0.459 e. The van der Waals surface area contributed by atoms with E-state index in [0.717, 1.165) is 11.1 Å². The van der Waals surface area contributed by atoms with E-state index in [-0.39, 0.29) is 38.6 Å². The average Bonchev–Trinajstić information content (AvgIpc) is 3.37. The SMILES string of the molecule is C[C@H](NC(=O)OCc1ccccc1)C(=O)n1cc(C[C@H](NC(=O)CN)C(=O)OCc2ccccc2)c2ccccc21.Cl. The first kappa shape index (κ1) is 31.9. The molecule has 1 aromatic heterocycles. The molecule has 4 rings (SSSR count). The van der Waals surface area contributed by atoms with Crippen LogP contribution in [0.15, 0.2) is 91.1 Å². The lowest BCUT2D eigenvalue weighted by Gasteiger charge is -2.17. The van der Waals surface area contributed by atoms with Crippen molar-refractivity contribution in [2.45, 2.75) is 38.6 Å². The van der Waals surface area contributed by atoms with Crippen molar-refractivity contribution in [3.8, 4) is 0 Å². The molecule has 0 saturated carbocycles. The van der Waals surface area contributed by atoms with Gasteiger partial charge in [-0.3, -0.25) is 14.2 Å². The van der Waals surface area contributed by atoms with Crippen LogP contribution >= 0.6 is 12.4 Å². The molecule has 2 amide bonds. The molecular formula is C31H33ClN4O6. The summed E-state index contributed by atoms with van der Waals surface area (Å²) in [4.78, 5) is 50.9. The fraction of sp³-hybridized carbons (Fsp3) is 0.226. The number of carbonyl (C=O) groups excluding carboxylic acids is 4. The summed E-state index contributed by atoms with van der Waals surface area (Å²) >= 11 is 0. The van der Waals surface area contributed by atoms with Crippen LogP contribution in [-0.4, -0.2) is 47.1 Å². The maximum atomic E-state index is 13.4. The van der Waals surface area contributed by atoms with E-state index in [9.17, 15) is 19.2 Å². The van der Waals surface area contributed by atoms with Gasteiger partial charge in [-0.1, -0.05) is 78.9 Å². The number of nitrogens with one attached hydrogen (secondary N) is 2. The van der Waals surface area contributed by atoms with Crippen molar-refractivity contribution in [3.05, 3.63) is 108 Å². The molecule has 4 N–H and O–H groups in total. The Morgan fingerprint density at radius 3 is 2.00 bits per heavy atom. The van der Waals surface area contributed by atoms with E-state index in [1.54, 1.807) is 25.3 Å². The van der Waals surface area contributed by atoms with Gasteiger partial charge in [0.15, 0.2) is 0 Å². The maximum absolute atomic E-state index is 13.4. The normalized spacial score (nSPS) is 12.0. The van der Waals surface area contributed by atoms with Gasteiger partial charge in [-0.2, -0.15) is 0 Å². The summed E-state index contributed by atoms with van der Waals surface area (Å²) in [5.41, 5.74) is 8.32. The summed E-state index contributed by atoms with van der Waals surface area (Å²) in [6, 6.07) is 23.6. The molecule has 1 heterocycles. The first-order chi connectivity index (χ1) is 19.9. The number of nitrogens with zero attached hydrogens (tertiary/aromatic N) is 1. The van der Waals surface area contributed by atoms with Gasteiger partial charge in [0.05, 0.1) is 12.1 Å². The van der Waals surface area contributed by atoms with E-state index in [4.69, 9.17) is 15.2 Å². The number of esters is 1. The molecule has 0 aliphatic rings. The second kappa shape index (κ2) is 15.4. The molecule has 42 heavy (non-hydrogen) atoms. The lowest BCUT2D eigenvalue weighted by Crippen LogP contribution is -2.45. The number of aromatic nitrogens is 1. The number of halogens is 1. The minimum atomic E-state index is -1.03. The molecule has 0 fully saturated rings. The molecule has 0 aliphatic carbocycles. The minimum Gasteiger partial charge on any atom is -0.459 e. The summed E-state index contributed by atoms with van der Waals surface area (Å²) in [6.07, 6.45) is 0.935. The quantitative estimate of drug-likeness (QED) is 0.225. The second-order valence-corrected chi connectivity index (χ2v) is 9.43. The van der Waals surface area contributed by atoms with Gasteiger partial charge in [0.2, 0.25) is 5.91 Å². The van der Waals surface area contributed by atoms with Crippen molar-refractivity contribution in [2.24, 2.45) is 5.73 Å². The third-order valence-corrected chi connectivity index (χ3v) is 6.40. The molecule has 0 spiro atoms. The monoisotopic (exact) mass is 592 g/mol. The van der Waals surface area contributed by atoms with E-state index < -0.39 is 36.0 Å². The van der Waals surface area contributed by atoms with Crippen LogP contribution in [0.5, 0.6) is 0 Å². The van der Waals surface area contributed by atoms with E-state index in [1.807, 2.05) is 72.8 Å². The van der Waals surface area contributed by atoms with Gasteiger partial charge in [-0.05, 0) is 29.7 Å². The lowest BCUT2D eigenvalue weighted by atomic mass is 10.0. The van der Waals surface area contributed by atoms with Crippen LogP contribution in [0.3, 0.4) is 0 Å². The van der Waals surface area contributed by atoms with Gasteiger partial charge in [-0.15, -0.1) is 12.4 Å². The Hall–Kier alpha value is -4.67. The highest BCUT2D eigenvalue weighted by Gasteiger charge is 2.26. The van der Waals surface area contributed by atoms with Crippen LogP contribution in [0, 0.1) is 0 Å². The zero-order valence-electron chi connectivity index (χ0n) is 23.0. The molecule has 2 atom stereocenters. The minimum absolute atomic E-state index is 0. The molecule has 11 heteroatoms. The zero-order valence-corrected chi connectivity index (χ0v) is 23.8. The van der Waals surface area contributed by atoms with Crippen LogP contribution in [0.4, 0.5) is 4.79 Å². The highest BCUT2D eigenvalue weighted by molar-refractivity contribution is 5.98. The third-order valence-electron chi connectivity index (χ3n) is 6.40. The van der Waals surface area contributed by atoms with Gasteiger partial charge in [0, 0.05) is 18.0 Å². The van der Waals surface area contributed by atoms with Gasteiger partial charge in [-0.25, -0.2) is 9.59 Å². The Bertz CT molecular complexity index is 1510. The zero-order chi connectivity index (χ0) is 29.2. The van der Waals surface area contributed by atoms with Crippen LogP contribution in [0.25, 0.3) is 10.9 Å². The number of rotatable bonds is 11. The topological polar surface area (TPSA) is 142 Å².